The Bertz CT molecular complexity index is 2530. The molecule has 0 saturated heterocycles. The fraction of sp³-hybridized carbons (Fsp3) is 0.429. The second-order valence-corrected chi connectivity index (χ2v) is 25.0. The van der Waals surface area contributed by atoms with Gasteiger partial charge in [0.2, 0.25) is 0 Å². The van der Waals surface area contributed by atoms with Crippen molar-refractivity contribution in [2.45, 2.75) is 151 Å². The number of rotatable bonds is 11. The molecule has 360 valence electrons. The van der Waals surface area contributed by atoms with Crippen molar-refractivity contribution in [2.75, 3.05) is 26.2 Å². The van der Waals surface area contributed by atoms with E-state index in [0.29, 0.717) is 51.9 Å². The molecule has 0 radical (unpaired) electrons. The minimum atomic E-state index is -0.849. The molecule has 0 aromatic heterocycles. The van der Waals surface area contributed by atoms with Crippen LogP contribution in [0.2, 0.25) is 0 Å². The first-order chi connectivity index (χ1) is 32.1. The molecule has 6 aromatic rings. The summed E-state index contributed by atoms with van der Waals surface area (Å²) in [6, 6.07) is 41.2. The smallest absolute Gasteiger partial charge is 0.126 e. The molecule has 1 aliphatic rings. The van der Waals surface area contributed by atoms with Crippen molar-refractivity contribution in [1.29, 1.82) is 0 Å². The zero-order valence-electron chi connectivity index (χ0n) is 44.1. The monoisotopic (exact) mass is 931 g/mol. The second kappa shape index (κ2) is 20.5. The highest BCUT2D eigenvalue weighted by atomic mass is 31.1. The maximum Gasteiger partial charge on any atom is 0.126 e. The first-order valence-electron chi connectivity index (χ1n) is 25.1. The quantitative estimate of drug-likeness (QED) is 0.121. The molecule has 0 atom stereocenters. The number of fused-ring (bicyclic) bond motifs is 8. The summed E-state index contributed by atoms with van der Waals surface area (Å²) in [6.07, 6.45) is 3.16. The lowest BCUT2D eigenvalue weighted by Crippen LogP contribution is -2.19. The molecule has 7 rings (SSSR count). The van der Waals surface area contributed by atoms with E-state index in [1.54, 1.807) is 0 Å². The number of ether oxygens (including phenoxy) is 4. The van der Waals surface area contributed by atoms with Crippen molar-refractivity contribution in [2.24, 2.45) is 0 Å². The number of hydrogen-bond donors (Lipinski definition) is 0. The van der Waals surface area contributed by atoms with Crippen molar-refractivity contribution >= 4 is 18.5 Å². The molecule has 1 aliphatic carbocycles. The third kappa shape index (κ3) is 11.7. The number of benzene rings is 6. The molecule has 0 N–H and O–H groups in total. The summed E-state index contributed by atoms with van der Waals surface area (Å²) in [5.74, 6) is 3.84. The largest absolute Gasteiger partial charge is 0.493 e. The predicted octanol–water partition coefficient (Wildman–Crippen LogP) is 15.2. The molecule has 0 unspecified atom stereocenters. The zero-order chi connectivity index (χ0) is 49.2. The van der Waals surface area contributed by atoms with E-state index in [1.165, 1.54) is 77.4 Å². The van der Waals surface area contributed by atoms with Crippen LogP contribution in [0.1, 0.15) is 171 Å². The average molecular weight is 931 g/mol. The SMILES string of the molecule is CCOc1c2cc(C(C)(C)C)cc1Cc1cc(C(C)(C)C)cc(c1OCC)Cc1cc(C(C)(C)C)cc(c1OCP(c1ccccc1)c1ccccc1)Cc1cc(C(C)(C)C)cc(c1OCC)C2. The summed E-state index contributed by atoms with van der Waals surface area (Å²) in [6.45, 7) is 35.9. The van der Waals surface area contributed by atoms with Gasteiger partial charge in [-0.2, -0.15) is 0 Å². The molecule has 0 fully saturated rings. The van der Waals surface area contributed by atoms with Gasteiger partial charge in [0, 0.05) is 25.7 Å². The Morgan fingerprint density at radius 2 is 0.559 bits per heavy atom. The topological polar surface area (TPSA) is 36.9 Å². The van der Waals surface area contributed by atoms with E-state index < -0.39 is 7.92 Å². The summed E-state index contributed by atoms with van der Waals surface area (Å²) in [5, 5.41) is 2.59. The summed E-state index contributed by atoms with van der Waals surface area (Å²) < 4.78 is 28.2. The van der Waals surface area contributed by atoms with Crippen LogP contribution in [0.5, 0.6) is 23.0 Å². The molecule has 4 nitrogen and oxygen atoms in total. The standard InChI is InChI=1S/C63H79O4P/c1-16-64-56-42-29-44-35-51(61(7,8)9)37-46(57(44)65-17-2)31-48-39-53(63(13,14)15)40-49(59(48)67-41-68(54-25-21-19-22-26-54)55-27-23-20-24-28-55)32-47-38-52(62(10,11)12)36-45(58(47)66-18-3)30-43(56)34-50(33-42)60(4,5)6/h19-28,33-40H,16-18,29-32,41H2,1-15H3. The van der Waals surface area contributed by atoms with Gasteiger partial charge in [-0.1, -0.05) is 192 Å². The van der Waals surface area contributed by atoms with Crippen LogP contribution in [0.4, 0.5) is 0 Å². The number of hydrogen-bond acceptors (Lipinski definition) is 4. The highest BCUT2D eigenvalue weighted by Crippen LogP contribution is 2.45. The Kier molecular flexibility index (Phi) is 15.3. The maximum atomic E-state index is 7.54. The van der Waals surface area contributed by atoms with Crippen molar-refractivity contribution in [3.8, 4) is 23.0 Å². The fourth-order valence-electron chi connectivity index (χ4n) is 9.44. The minimum absolute atomic E-state index is 0.0946. The van der Waals surface area contributed by atoms with Gasteiger partial charge in [0.1, 0.15) is 29.3 Å². The fourth-order valence-corrected chi connectivity index (χ4v) is 11.4. The summed E-state index contributed by atoms with van der Waals surface area (Å²) in [4.78, 5) is 0. The van der Waals surface area contributed by atoms with E-state index in [1.807, 2.05) is 0 Å². The van der Waals surface area contributed by atoms with E-state index in [0.717, 1.165) is 23.0 Å². The van der Waals surface area contributed by atoms with Crippen molar-refractivity contribution in [1.82, 2.24) is 0 Å². The molecule has 68 heavy (non-hydrogen) atoms. The molecular formula is C63H79O4P. The van der Waals surface area contributed by atoms with Crippen LogP contribution in [0.25, 0.3) is 0 Å². The Morgan fingerprint density at radius 3 is 0.765 bits per heavy atom. The lowest BCUT2D eigenvalue weighted by atomic mass is 9.79. The van der Waals surface area contributed by atoms with Crippen molar-refractivity contribution in [3.05, 3.63) is 176 Å². The van der Waals surface area contributed by atoms with Gasteiger partial charge >= 0.3 is 0 Å². The van der Waals surface area contributed by atoms with E-state index in [4.69, 9.17) is 18.9 Å². The van der Waals surface area contributed by atoms with Gasteiger partial charge in [-0.05, 0) is 128 Å². The third-order valence-corrected chi connectivity index (χ3v) is 15.5. The van der Waals surface area contributed by atoms with Gasteiger partial charge in [-0.25, -0.2) is 0 Å². The Hall–Kier alpha value is -5.05. The Balaban J connectivity index is 1.60. The molecule has 0 spiro atoms. The predicted molar refractivity (Wildman–Crippen MR) is 290 cm³/mol. The molecule has 5 heteroatoms. The van der Waals surface area contributed by atoms with Gasteiger partial charge in [0.05, 0.1) is 19.8 Å². The van der Waals surface area contributed by atoms with Crippen LogP contribution in [0, 0.1) is 0 Å². The average Bonchev–Trinajstić information content (AvgIpc) is 3.26. The lowest BCUT2D eigenvalue weighted by molar-refractivity contribution is 0.327. The second-order valence-electron chi connectivity index (χ2n) is 22.9. The zero-order valence-corrected chi connectivity index (χ0v) is 45.0. The van der Waals surface area contributed by atoms with Crippen LogP contribution in [-0.2, 0) is 47.3 Å². The Labute approximate surface area is 412 Å². The van der Waals surface area contributed by atoms with Crippen LogP contribution < -0.4 is 29.6 Å². The minimum Gasteiger partial charge on any atom is -0.493 e. The summed E-state index contributed by atoms with van der Waals surface area (Å²) >= 11 is 0. The lowest BCUT2D eigenvalue weighted by Gasteiger charge is -2.29. The summed E-state index contributed by atoms with van der Waals surface area (Å²) in [5.41, 5.74) is 14.1. The maximum absolute atomic E-state index is 7.54. The first-order valence-corrected chi connectivity index (χ1v) is 26.7. The van der Waals surface area contributed by atoms with Crippen LogP contribution >= 0.6 is 7.92 Å². The molecule has 6 aromatic carbocycles. The molecular weight excluding hydrogens is 852 g/mol. The molecule has 8 bridgehead atoms. The van der Waals surface area contributed by atoms with Crippen LogP contribution in [-0.4, -0.2) is 26.2 Å². The third-order valence-electron chi connectivity index (χ3n) is 13.3. The van der Waals surface area contributed by atoms with E-state index in [-0.39, 0.29) is 21.7 Å². The van der Waals surface area contributed by atoms with E-state index in [2.05, 4.69) is 213 Å². The Morgan fingerprint density at radius 1 is 0.338 bits per heavy atom. The van der Waals surface area contributed by atoms with Gasteiger partial charge < -0.3 is 18.9 Å². The van der Waals surface area contributed by atoms with Gasteiger partial charge in [-0.15, -0.1) is 0 Å². The molecule has 0 amide bonds. The molecule has 0 saturated carbocycles. The van der Waals surface area contributed by atoms with Crippen LogP contribution in [0.15, 0.2) is 109 Å². The van der Waals surface area contributed by atoms with Gasteiger partial charge in [0.15, 0.2) is 0 Å². The molecule has 0 heterocycles. The summed E-state index contributed by atoms with van der Waals surface area (Å²) in [7, 11) is -0.849. The molecule has 0 aliphatic heterocycles. The van der Waals surface area contributed by atoms with E-state index >= 15 is 0 Å². The van der Waals surface area contributed by atoms with Crippen molar-refractivity contribution in [3.63, 3.8) is 0 Å². The van der Waals surface area contributed by atoms with E-state index in [9.17, 15) is 0 Å². The van der Waals surface area contributed by atoms with Gasteiger partial charge in [-0.3, -0.25) is 0 Å². The first kappa shape index (κ1) is 50.8. The highest BCUT2D eigenvalue weighted by Gasteiger charge is 2.30. The van der Waals surface area contributed by atoms with Gasteiger partial charge in [0.25, 0.3) is 0 Å². The van der Waals surface area contributed by atoms with Crippen molar-refractivity contribution < 1.29 is 18.9 Å². The normalized spacial score (nSPS) is 13.4. The van der Waals surface area contributed by atoms with Crippen LogP contribution in [0.3, 0.4) is 0 Å². The highest BCUT2D eigenvalue weighted by molar-refractivity contribution is 7.72.